The van der Waals surface area contributed by atoms with Crippen LogP contribution in [0, 0.1) is 17.0 Å². The third kappa shape index (κ3) is 3.44. The lowest BCUT2D eigenvalue weighted by Gasteiger charge is -2.07. The van der Waals surface area contributed by atoms with Gasteiger partial charge in [-0.2, -0.15) is 4.98 Å². The van der Waals surface area contributed by atoms with Gasteiger partial charge in [-0.25, -0.2) is 0 Å². The Balaban J connectivity index is 2.01. The molecule has 0 spiro atoms. The van der Waals surface area contributed by atoms with Gasteiger partial charge in [0, 0.05) is 43.5 Å². The molecule has 8 heteroatoms. The number of aromatic nitrogens is 2. The molecule has 0 bridgehead atoms. The molecule has 2 N–H and O–H groups in total. The van der Waals surface area contributed by atoms with Gasteiger partial charge in [0.1, 0.15) is 0 Å². The third-order valence-corrected chi connectivity index (χ3v) is 2.65. The van der Waals surface area contributed by atoms with Crippen molar-refractivity contribution in [3.63, 3.8) is 0 Å². The van der Waals surface area contributed by atoms with Gasteiger partial charge >= 0.3 is 0 Å². The summed E-state index contributed by atoms with van der Waals surface area (Å²) in [5.41, 5.74) is 1.38. The molecule has 0 saturated heterocycles. The van der Waals surface area contributed by atoms with Crippen LogP contribution < -0.4 is 10.6 Å². The number of nitrogens with one attached hydrogen (secondary N) is 2. The Morgan fingerprint density at radius 3 is 2.70 bits per heavy atom. The molecule has 2 aromatic rings. The van der Waals surface area contributed by atoms with Gasteiger partial charge in [-0.3, -0.25) is 10.1 Å². The molecule has 20 heavy (non-hydrogen) atoms. The topological polar surface area (TPSA) is 106 Å². The van der Waals surface area contributed by atoms with Crippen molar-refractivity contribution in [3.05, 3.63) is 40.0 Å². The molecule has 1 aromatic heterocycles. The van der Waals surface area contributed by atoms with E-state index in [2.05, 4.69) is 20.8 Å². The van der Waals surface area contributed by atoms with Crippen LogP contribution >= 0.6 is 0 Å². The van der Waals surface area contributed by atoms with Gasteiger partial charge in [-0.15, -0.1) is 0 Å². The lowest BCUT2D eigenvalue weighted by Crippen LogP contribution is -2.06. The average molecular weight is 277 g/mol. The van der Waals surface area contributed by atoms with Crippen molar-refractivity contribution in [1.29, 1.82) is 0 Å². The van der Waals surface area contributed by atoms with Crippen LogP contribution in [-0.4, -0.2) is 28.7 Å². The minimum Gasteiger partial charge on any atom is -0.388 e. The van der Waals surface area contributed by atoms with Crippen LogP contribution in [-0.2, 0) is 6.42 Å². The largest absolute Gasteiger partial charge is 0.388 e. The molecular weight excluding hydrogens is 262 g/mol. The van der Waals surface area contributed by atoms with Gasteiger partial charge in [0.2, 0.25) is 5.89 Å². The maximum atomic E-state index is 10.8. The van der Waals surface area contributed by atoms with E-state index in [0.29, 0.717) is 36.1 Å². The molecule has 1 aromatic carbocycles. The van der Waals surface area contributed by atoms with Crippen molar-refractivity contribution >= 4 is 17.1 Å². The van der Waals surface area contributed by atoms with Gasteiger partial charge in [0.25, 0.3) is 5.69 Å². The lowest BCUT2D eigenvalue weighted by molar-refractivity contribution is -0.384. The molecule has 0 radical (unpaired) electrons. The maximum Gasteiger partial charge on any atom is 0.273 e. The number of non-ortho nitro benzene ring substituents is 1. The first-order valence-electron chi connectivity index (χ1n) is 6.09. The van der Waals surface area contributed by atoms with Crippen LogP contribution in [0.1, 0.15) is 11.7 Å². The van der Waals surface area contributed by atoms with Crippen molar-refractivity contribution in [2.75, 3.05) is 24.2 Å². The summed E-state index contributed by atoms with van der Waals surface area (Å²) in [5, 5.41) is 20.5. The molecule has 0 saturated carbocycles. The summed E-state index contributed by atoms with van der Waals surface area (Å²) in [4.78, 5) is 14.5. The molecule has 0 aliphatic heterocycles. The highest BCUT2D eigenvalue weighted by molar-refractivity contribution is 5.63. The van der Waals surface area contributed by atoms with E-state index in [0.717, 1.165) is 0 Å². The maximum absolute atomic E-state index is 10.8. The number of hydrogen-bond donors (Lipinski definition) is 2. The van der Waals surface area contributed by atoms with Crippen LogP contribution in [0.5, 0.6) is 0 Å². The summed E-state index contributed by atoms with van der Waals surface area (Å²) >= 11 is 0. The fourth-order valence-corrected chi connectivity index (χ4v) is 1.72. The molecule has 0 fully saturated rings. The molecule has 8 nitrogen and oxygen atoms in total. The SMILES string of the molecule is CNc1cc(NCCc2nc(C)no2)cc([N+](=O)[O-])c1. The standard InChI is InChI=1S/C12H15N5O3/c1-8-15-12(20-16-8)3-4-14-10-5-9(13-2)6-11(7-10)17(18)19/h5-7,13-14H,3-4H2,1-2H3. The predicted molar refractivity (Wildman–Crippen MR) is 73.9 cm³/mol. The second-order valence-electron chi connectivity index (χ2n) is 4.19. The Labute approximate surface area is 115 Å². The number of aryl methyl sites for hydroxylation is 1. The quantitative estimate of drug-likeness (QED) is 0.614. The number of benzene rings is 1. The Morgan fingerprint density at radius 1 is 1.35 bits per heavy atom. The van der Waals surface area contributed by atoms with Gasteiger partial charge in [0.15, 0.2) is 5.82 Å². The number of hydrogen-bond acceptors (Lipinski definition) is 7. The highest BCUT2D eigenvalue weighted by Gasteiger charge is 2.09. The number of nitro groups is 1. The molecule has 0 aliphatic rings. The molecule has 2 rings (SSSR count). The molecular formula is C12H15N5O3. The summed E-state index contributed by atoms with van der Waals surface area (Å²) in [5.74, 6) is 1.13. The first-order chi connectivity index (χ1) is 9.58. The minimum absolute atomic E-state index is 0.0352. The second kappa shape index (κ2) is 6.00. The molecule has 1 heterocycles. The number of rotatable bonds is 6. The zero-order valence-corrected chi connectivity index (χ0v) is 11.2. The lowest BCUT2D eigenvalue weighted by atomic mass is 10.2. The van der Waals surface area contributed by atoms with E-state index in [4.69, 9.17) is 4.52 Å². The zero-order valence-electron chi connectivity index (χ0n) is 11.2. The van der Waals surface area contributed by atoms with E-state index in [1.807, 2.05) is 0 Å². The monoisotopic (exact) mass is 277 g/mol. The summed E-state index contributed by atoms with van der Waals surface area (Å²) in [6, 6.07) is 4.76. The van der Waals surface area contributed by atoms with Crippen molar-refractivity contribution in [1.82, 2.24) is 10.1 Å². The van der Waals surface area contributed by atoms with E-state index < -0.39 is 4.92 Å². The highest BCUT2D eigenvalue weighted by atomic mass is 16.6. The number of nitrogens with zero attached hydrogens (tertiary/aromatic N) is 3. The van der Waals surface area contributed by atoms with Crippen molar-refractivity contribution in [3.8, 4) is 0 Å². The Morgan fingerprint density at radius 2 is 2.10 bits per heavy atom. The smallest absolute Gasteiger partial charge is 0.273 e. The minimum atomic E-state index is -0.423. The van der Waals surface area contributed by atoms with Gasteiger partial charge < -0.3 is 15.2 Å². The zero-order chi connectivity index (χ0) is 14.5. The highest BCUT2D eigenvalue weighted by Crippen LogP contribution is 2.23. The molecule has 0 unspecified atom stereocenters. The summed E-state index contributed by atoms with van der Waals surface area (Å²) < 4.78 is 4.99. The third-order valence-electron chi connectivity index (χ3n) is 2.65. The fourth-order valence-electron chi connectivity index (χ4n) is 1.72. The Hall–Kier alpha value is -2.64. The Bertz CT molecular complexity index is 611. The van der Waals surface area contributed by atoms with E-state index in [1.54, 1.807) is 20.0 Å². The molecule has 0 atom stereocenters. The van der Waals surface area contributed by atoms with Crippen LogP contribution in [0.15, 0.2) is 22.7 Å². The molecule has 106 valence electrons. The van der Waals surface area contributed by atoms with E-state index >= 15 is 0 Å². The van der Waals surface area contributed by atoms with Gasteiger partial charge in [-0.1, -0.05) is 5.16 Å². The van der Waals surface area contributed by atoms with E-state index in [9.17, 15) is 10.1 Å². The fraction of sp³-hybridized carbons (Fsp3) is 0.333. The van der Waals surface area contributed by atoms with E-state index in [1.165, 1.54) is 12.1 Å². The van der Waals surface area contributed by atoms with Crippen LogP contribution in [0.3, 0.4) is 0 Å². The van der Waals surface area contributed by atoms with Crippen molar-refractivity contribution in [2.24, 2.45) is 0 Å². The van der Waals surface area contributed by atoms with Crippen LogP contribution in [0.25, 0.3) is 0 Å². The predicted octanol–water partition coefficient (Wildman–Crippen LogP) is 1.98. The first-order valence-corrected chi connectivity index (χ1v) is 6.09. The Kier molecular flexibility index (Phi) is 4.14. The number of nitro benzene ring substituents is 1. The molecule has 0 amide bonds. The van der Waals surface area contributed by atoms with Crippen molar-refractivity contribution in [2.45, 2.75) is 13.3 Å². The average Bonchev–Trinajstić information content (AvgIpc) is 2.84. The van der Waals surface area contributed by atoms with Crippen molar-refractivity contribution < 1.29 is 9.45 Å². The summed E-state index contributed by atoms with van der Waals surface area (Å²) in [6.45, 7) is 2.30. The second-order valence-corrected chi connectivity index (χ2v) is 4.19. The summed E-state index contributed by atoms with van der Waals surface area (Å²) in [6.07, 6.45) is 0.554. The number of anilines is 2. The van der Waals surface area contributed by atoms with Gasteiger partial charge in [0.05, 0.1) is 4.92 Å². The summed E-state index contributed by atoms with van der Waals surface area (Å²) in [7, 11) is 1.71. The van der Waals surface area contributed by atoms with E-state index in [-0.39, 0.29) is 5.69 Å². The normalized spacial score (nSPS) is 10.3. The first kappa shape index (κ1) is 13.8. The van der Waals surface area contributed by atoms with Gasteiger partial charge in [-0.05, 0) is 13.0 Å². The van der Waals surface area contributed by atoms with Crippen LogP contribution in [0.2, 0.25) is 0 Å². The molecule has 0 aliphatic carbocycles. The van der Waals surface area contributed by atoms with Crippen LogP contribution in [0.4, 0.5) is 17.1 Å².